The Hall–Kier alpha value is -3.22. The molecule has 7 heteroatoms. The summed E-state index contributed by atoms with van der Waals surface area (Å²) < 4.78 is 1.37. The van der Waals surface area contributed by atoms with E-state index in [1.807, 2.05) is 0 Å². The lowest BCUT2D eigenvalue weighted by Crippen LogP contribution is -2.17. The smallest absolute Gasteiger partial charge is 0.335 e. The fourth-order valence-electron chi connectivity index (χ4n) is 2.34. The normalized spacial score (nSPS) is 11.8. The zero-order chi connectivity index (χ0) is 16.6. The molecule has 0 radical (unpaired) electrons. The first-order valence-corrected chi connectivity index (χ1v) is 6.79. The van der Waals surface area contributed by atoms with Gasteiger partial charge in [-0.2, -0.15) is 0 Å². The standard InChI is InChI=1S/C16H13N3O4/c1-9(18-23-2)11-4-6-14-17-13-5-3-10(16(21)22)7-12(13)15(20)19(14)8-11/h3-8H,1-2H3,(H,21,22)/b18-9+. The zero-order valence-electron chi connectivity index (χ0n) is 12.5. The van der Waals surface area contributed by atoms with E-state index in [0.29, 0.717) is 22.4 Å². The van der Waals surface area contributed by atoms with Crippen LogP contribution >= 0.6 is 0 Å². The van der Waals surface area contributed by atoms with E-state index >= 15 is 0 Å². The highest BCUT2D eigenvalue weighted by atomic mass is 16.6. The molecule has 23 heavy (non-hydrogen) atoms. The van der Waals surface area contributed by atoms with Gasteiger partial charge in [-0.25, -0.2) is 9.78 Å². The number of carboxylic acids is 1. The predicted molar refractivity (Wildman–Crippen MR) is 85.1 cm³/mol. The van der Waals surface area contributed by atoms with Crippen molar-refractivity contribution in [3.8, 4) is 0 Å². The molecular formula is C16H13N3O4. The fourth-order valence-corrected chi connectivity index (χ4v) is 2.34. The van der Waals surface area contributed by atoms with Crippen LogP contribution in [0.2, 0.25) is 0 Å². The SMILES string of the molecule is CO/N=C(\C)c1ccc2nc3ccc(C(=O)O)cc3c(=O)n2c1. The first-order chi connectivity index (χ1) is 11.0. The van der Waals surface area contributed by atoms with Crippen LogP contribution in [0.4, 0.5) is 0 Å². The summed E-state index contributed by atoms with van der Waals surface area (Å²) in [7, 11) is 1.44. The van der Waals surface area contributed by atoms with E-state index in [4.69, 9.17) is 9.94 Å². The number of nitrogens with zero attached hydrogens (tertiary/aromatic N) is 3. The van der Waals surface area contributed by atoms with Crippen LogP contribution in [0, 0.1) is 0 Å². The predicted octanol–water partition coefficient (Wildman–Crippen LogP) is 1.92. The fraction of sp³-hybridized carbons (Fsp3) is 0.125. The average molecular weight is 311 g/mol. The molecule has 2 aromatic heterocycles. The largest absolute Gasteiger partial charge is 0.478 e. The van der Waals surface area contributed by atoms with E-state index in [9.17, 15) is 9.59 Å². The van der Waals surface area contributed by atoms with Crippen LogP contribution in [-0.2, 0) is 4.84 Å². The summed E-state index contributed by atoms with van der Waals surface area (Å²) in [6, 6.07) is 7.79. The molecule has 0 atom stereocenters. The Kier molecular flexibility index (Phi) is 3.53. The molecule has 0 saturated heterocycles. The van der Waals surface area contributed by atoms with Gasteiger partial charge in [0.2, 0.25) is 0 Å². The maximum atomic E-state index is 12.7. The minimum absolute atomic E-state index is 0.0460. The highest BCUT2D eigenvalue weighted by molar-refractivity contribution is 5.98. The van der Waals surface area contributed by atoms with Crippen LogP contribution in [0.1, 0.15) is 22.8 Å². The number of rotatable bonds is 3. The molecule has 0 unspecified atom stereocenters. The molecule has 2 heterocycles. The van der Waals surface area contributed by atoms with Crippen molar-refractivity contribution >= 4 is 28.2 Å². The molecule has 0 aliphatic heterocycles. The van der Waals surface area contributed by atoms with E-state index in [-0.39, 0.29) is 16.5 Å². The van der Waals surface area contributed by atoms with Crippen LogP contribution in [0.25, 0.3) is 16.6 Å². The average Bonchev–Trinajstić information content (AvgIpc) is 2.54. The van der Waals surface area contributed by atoms with Crippen LogP contribution in [0.15, 0.2) is 46.5 Å². The van der Waals surface area contributed by atoms with Gasteiger partial charge in [0.15, 0.2) is 0 Å². The lowest BCUT2D eigenvalue weighted by Gasteiger charge is -2.06. The van der Waals surface area contributed by atoms with E-state index in [1.165, 1.54) is 29.7 Å². The van der Waals surface area contributed by atoms with Crippen LogP contribution in [0.3, 0.4) is 0 Å². The zero-order valence-corrected chi connectivity index (χ0v) is 12.5. The lowest BCUT2D eigenvalue weighted by molar-refractivity contribution is 0.0697. The highest BCUT2D eigenvalue weighted by Gasteiger charge is 2.10. The maximum Gasteiger partial charge on any atom is 0.335 e. The molecule has 1 aromatic carbocycles. The maximum absolute atomic E-state index is 12.7. The molecule has 0 fully saturated rings. The third-order valence-electron chi connectivity index (χ3n) is 3.50. The van der Waals surface area contributed by atoms with Crippen LogP contribution in [0.5, 0.6) is 0 Å². The van der Waals surface area contributed by atoms with Gasteiger partial charge in [-0.15, -0.1) is 0 Å². The summed E-state index contributed by atoms with van der Waals surface area (Å²) >= 11 is 0. The van der Waals surface area contributed by atoms with Crippen molar-refractivity contribution in [1.29, 1.82) is 0 Å². The Morgan fingerprint density at radius 1 is 1.26 bits per heavy atom. The second kappa shape index (κ2) is 5.53. The number of aromatic carboxylic acids is 1. The Labute approximate surface area is 130 Å². The number of hydrogen-bond acceptors (Lipinski definition) is 5. The summed E-state index contributed by atoms with van der Waals surface area (Å²) in [5.41, 5.74) is 1.96. The van der Waals surface area contributed by atoms with E-state index < -0.39 is 5.97 Å². The van der Waals surface area contributed by atoms with Gasteiger partial charge in [0, 0.05) is 11.8 Å². The summed E-state index contributed by atoms with van der Waals surface area (Å²) in [6.07, 6.45) is 1.61. The first kappa shape index (κ1) is 14.7. The monoisotopic (exact) mass is 311 g/mol. The van der Waals surface area contributed by atoms with Crippen molar-refractivity contribution < 1.29 is 14.7 Å². The second-order valence-electron chi connectivity index (χ2n) is 4.96. The topological polar surface area (TPSA) is 93.3 Å². The molecule has 116 valence electrons. The number of oxime groups is 1. The van der Waals surface area contributed by atoms with Gasteiger partial charge in [-0.1, -0.05) is 5.16 Å². The van der Waals surface area contributed by atoms with Gasteiger partial charge in [0.25, 0.3) is 5.56 Å². The number of benzene rings is 1. The second-order valence-corrected chi connectivity index (χ2v) is 4.96. The van der Waals surface area contributed by atoms with Gasteiger partial charge in [0.05, 0.1) is 22.2 Å². The van der Waals surface area contributed by atoms with Crippen molar-refractivity contribution in [3.05, 3.63) is 58.0 Å². The number of fused-ring (bicyclic) bond motifs is 2. The van der Waals surface area contributed by atoms with Crippen molar-refractivity contribution in [2.75, 3.05) is 7.11 Å². The summed E-state index contributed by atoms with van der Waals surface area (Å²) in [5, 5.41) is 13.2. The first-order valence-electron chi connectivity index (χ1n) is 6.79. The van der Waals surface area contributed by atoms with E-state index in [2.05, 4.69) is 10.1 Å². The van der Waals surface area contributed by atoms with Gasteiger partial charge in [-0.05, 0) is 37.3 Å². The van der Waals surface area contributed by atoms with Gasteiger partial charge >= 0.3 is 5.97 Å². The van der Waals surface area contributed by atoms with Crippen molar-refractivity contribution in [1.82, 2.24) is 9.38 Å². The number of pyridine rings is 1. The molecule has 7 nitrogen and oxygen atoms in total. The van der Waals surface area contributed by atoms with Crippen LogP contribution < -0.4 is 5.56 Å². The number of aromatic nitrogens is 2. The molecule has 1 N–H and O–H groups in total. The number of hydrogen-bond donors (Lipinski definition) is 1. The third-order valence-corrected chi connectivity index (χ3v) is 3.50. The van der Waals surface area contributed by atoms with E-state index in [0.717, 1.165) is 0 Å². The Bertz CT molecular complexity index is 1020. The molecule has 0 aliphatic carbocycles. The van der Waals surface area contributed by atoms with Gasteiger partial charge in [-0.3, -0.25) is 9.20 Å². The summed E-state index contributed by atoms with van der Waals surface area (Å²) in [4.78, 5) is 32.8. The number of carbonyl (C=O) groups is 1. The minimum Gasteiger partial charge on any atom is -0.478 e. The Morgan fingerprint density at radius 3 is 2.70 bits per heavy atom. The summed E-state index contributed by atoms with van der Waals surface area (Å²) in [6.45, 7) is 1.76. The van der Waals surface area contributed by atoms with Gasteiger partial charge in [0.1, 0.15) is 12.8 Å². The number of carboxylic acid groups (broad SMARTS) is 1. The summed E-state index contributed by atoms with van der Waals surface area (Å²) in [5.74, 6) is -1.09. The lowest BCUT2D eigenvalue weighted by atomic mass is 10.1. The Balaban J connectivity index is 2.32. The van der Waals surface area contributed by atoms with Crippen molar-refractivity contribution in [2.45, 2.75) is 6.92 Å². The van der Waals surface area contributed by atoms with Gasteiger partial charge < -0.3 is 9.94 Å². The third kappa shape index (κ3) is 2.52. The molecule has 0 amide bonds. The quantitative estimate of drug-likeness (QED) is 0.453. The Morgan fingerprint density at radius 2 is 2.00 bits per heavy atom. The molecular weight excluding hydrogens is 298 g/mol. The van der Waals surface area contributed by atoms with Crippen molar-refractivity contribution in [3.63, 3.8) is 0 Å². The molecule has 0 bridgehead atoms. The molecule has 3 aromatic rings. The molecule has 0 aliphatic rings. The van der Waals surface area contributed by atoms with E-state index in [1.54, 1.807) is 25.3 Å². The minimum atomic E-state index is -1.09. The molecule has 0 saturated carbocycles. The van der Waals surface area contributed by atoms with Crippen molar-refractivity contribution in [2.24, 2.45) is 5.16 Å². The highest BCUT2D eigenvalue weighted by Crippen LogP contribution is 2.13. The molecule has 3 rings (SSSR count). The van der Waals surface area contributed by atoms with Crippen LogP contribution in [-0.4, -0.2) is 33.3 Å². The molecule has 0 spiro atoms.